The molecule has 2 atom stereocenters. The number of aromatic nitrogens is 1. The highest BCUT2D eigenvalue weighted by Gasteiger charge is 2.25. The van der Waals surface area contributed by atoms with Gasteiger partial charge < -0.3 is 9.72 Å². The van der Waals surface area contributed by atoms with Crippen molar-refractivity contribution in [1.29, 1.82) is 0 Å². The molecule has 0 unspecified atom stereocenters. The largest absolute Gasteiger partial charge is 0.465 e. The Labute approximate surface area is 142 Å². The van der Waals surface area contributed by atoms with Gasteiger partial charge in [-0.05, 0) is 44.4 Å². The molecule has 1 aromatic carbocycles. The van der Waals surface area contributed by atoms with Crippen molar-refractivity contribution in [2.75, 3.05) is 6.61 Å². The summed E-state index contributed by atoms with van der Waals surface area (Å²) < 4.78 is 5.14. The maximum absolute atomic E-state index is 12.4. The molecule has 1 aromatic heterocycles. The van der Waals surface area contributed by atoms with Crippen LogP contribution >= 0.6 is 0 Å². The summed E-state index contributed by atoms with van der Waals surface area (Å²) in [5.41, 5.74) is 1.68. The van der Waals surface area contributed by atoms with Gasteiger partial charge in [-0.1, -0.05) is 30.3 Å². The van der Waals surface area contributed by atoms with Crippen LogP contribution < -0.4 is 5.32 Å². The van der Waals surface area contributed by atoms with Gasteiger partial charge in [-0.15, -0.1) is 0 Å². The Morgan fingerprint density at radius 1 is 1.17 bits per heavy atom. The molecule has 0 aliphatic rings. The zero-order chi connectivity index (χ0) is 17.4. The van der Waals surface area contributed by atoms with Crippen molar-refractivity contribution in [2.45, 2.75) is 38.8 Å². The van der Waals surface area contributed by atoms with Crippen LogP contribution in [-0.2, 0) is 16.0 Å². The molecule has 2 aromatic rings. The van der Waals surface area contributed by atoms with E-state index in [9.17, 15) is 9.59 Å². The molecule has 128 valence electrons. The molecule has 2 rings (SSSR count). The number of benzene rings is 1. The third kappa shape index (κ3) is 5.06. The average molecular weight is 328 g/mol. The van der Waals surface area contributed by atoms with Crippen LogP contribution in [0, 0.1) is 0 Å². The fraction of sp³-hybridized carbons (Fsp3) is 0.368. The van der Waals surface area contributed by atoms with Gasteiger partial charge >= 0.3 is 5.97 Å². The Morgan fingerprint density at radius 2 is 1.92 bits per heavy atom. The number of esters is 1. The van der Waals surface area contributed by atoms with Gasteiger partial charge in [0.05, 0.1) is 18.3 Å². The fourth-order valence-electron chi connectivity index (χ4n) is 2.56. The Hall–Kier alpha value is -2.40. The van der Waals surface area contributed by atoms with Gasteiger partial charge in [0.25, 0.3) is 0 Å². The maximum atomic E-state index is 12.4. The molecule has 5 nitrogen and oxygen atoms in total. The lowest BCUT2D eigenvalue weighted by Crippen LogP contribution is -2.46. The van der Waals surface area contributed by atoms with Crippen LogP contribution in [0.15, 0.2) is 48.7 Å². The number of Topliss-reactive ketones (excluding diaryl/α,β-unsaturated/α-hetero) is 1. The van der Waals surface area contributed by atoms with E-state index in [1.165, 1.54) is 0 Å². The summed E-state index contributed by atoms with van der Waals surface area (Å²) in [7, 11) is 0. The molecule has 1 heterocycles. The first-order chi connectivity index (χ1) is 11.6. The second-order valence-electron chi connectivity index (χ2n) is 5.67. The Kier molecular flexibility index (Phi) is 6.75. The molecule has 0 fully saturated rings. The number of nitrogens with one attached hydrogen (secondary N) is 2. The number of carbonyl (C=O) groups is 2. The summed E-state index contributed by atoms with van der Waals surface area (Å²) in [5.74, 6) is -0.395. The number of aryl methyl sites for hydroxylation is 1. The number of hydrogen-bond donors (Lipinski definition) is 2. The van der Waals surface area contributed by atoms with Crippen molar-refractivity contribution in [3.05, 3.63) is 59.9 Å². The predicted molar refractivity (Wildman–Crippen MR) is 92.9 cm³/mol. The van der Waals surface area contributed by atoms with Gasteiger partial charge in [0, 0.05) is 6.20 Å². The van der Waals surface area contributed by atoms with Crippen LogP contribution in [0.25, 0.3) is 0 Å². The Morgan fingerprint density at radius 3 is 2.54 bits per heavy atom. The van der Waals surface area contributed by atoms with Crippen LogP contribution in [0.1, 0.15) is 36.3 Å². The smallest absolute Gasteiger partial charge is 0.323 e. The van der Waals surface area contributed by atoms with Gasteiger partial charge in [0.15, 0.2) is 5.78 Å². The van der Waals surface area contributed by atoms with E-state index in [-0.39, 0.29) is 11.8 Å². The van der Waals surface area contributed by atoms with Crippen LogP contribution in [0.4, 0.5) is 0 Å². The van der Waals surface area contributed by atoms with Gasteiger partial charge in [0.2, 0.25) is 0 Å². The first kappa shape index (κ1) is 17.9. The van der Waals surface area contributed by atoms with Crippen LogP contribution in [0.5, 0.6) is 0 Å². The van der Waals surface area contributed by atoms with Crippen LogP contribution in [0.3, 0.4) is 0 Å². The minimum Gasteiger partial charge on any atom is -0.465 e. The fourth-order valence-corrected chi connectivity index (χ4v) is 2.56. The molecule has 0 bridgehead atoms. The Bertz CT molecular complexity index is 638. The van der Waals surface area contributed by atoms with Crippen molar-refractivity contribution >= 4 is 11.8 Å². The summed E-state index contributed by atoms with van der Waals surface area (Å²) in [5, 5.41) is 3.12. The second kappa shape index (κ2) is 9.03. The van der Waals surface area contributed by atoms with Crippen molar-refractivity contribution in [3.63, 3.8) is 0 Å². The van der Waals surface area contributed by atoms with E-state index in [0.717, 1.165) is 12.0 Å². The third-order valence-electron chi connectivity index (χ3n) is 3.84. The van der Waals surface area contributed by atoms with E-state index in [4.69, 9.17) is 4.74 Å². The summed E-state index contributed by atoms with van der Waals surface area (Å²) in [4.78, 5) is 27.5. The minimum absolute atomic E-state index is 0.0750. The van der Waals surface area contributed by atoms with E-state index in [2.05, 4.69) is 10.3 Å². The van der Waals surface area contributed by atoms with E-state index >= 15 is 0 Å². The summed E-state index contributed by atoms with van der Waals surface area (Å²) >= 11 is 0. The molecule has 5 heteroatoms. The number of hydrogen-bond acceptors (Lipinski definition) is 4. The van der Waals surface area contributed by atoms with Crippen molar-refractivity contribution < 1.29 is 14.3 Å². The van der Waals surface area contributed by atoms with E-state index in [0.29, 0.717) is 18.7 Å². The zero-order valence-corrected chi connectivity index (χ0v) is 14.1. The molecule has 0 aliphatic heterocycles. The number of ketones is 1. The quantitative estimate of drug-likeness (QED) is 0.548. The highest BCUT2D eigenvalue weighted by Crippen LogP contribution is 2.09. The predicted octanol–water partition coefficient (Wildman–Crippen LogP) is 2.74. The lowest BCUT2D eigenvalue weighted by molar-refractivity contribution is -0.145. The lowest BCUT2D eigenvalue weighted by Gasteiger charge is -2.21. The van der Waals surface area contributed by atoms with Gasteiger partial charge in [0.1, 0.15) is 6.04 Å². The summed E-state index contributed by atoms with van der Waals surface area (Å²) in [6.45, 7) is 3.86. The monoisotopic (exact) mass is 328 g/mol. The molecular weight excluding hydrogens is 304 g/mol. The number of rotatable bonds is 9. The number of carbonyl (C=O) groups excluding carboxylic acids is 2. The molecule has 0 radical (unpaired) electrons. The average Bonchev–Trinajstić information content (AvgIpc) is 3.13. The SMILES string of the molecule is CCOC(=O)[C@H](CCc1ccccc1)N[C@@H](C)C(=O)c1ccc[nH]1. The van der Waals surface area contributed by atoms with Crippen molar-refractivity contribution in [2.24, 2.45) is 0 Å². The van der Waals surface area contributed by atoms with Gasteiger partial charge in [-0.25, -0.2) is 0 Å². The van der Waals surface area contributed by atoms with E-state index < -0.39 is 12.1 Å². The van der Waals surface area contributed by atoms with Crippen LogP contribution in [0.2, 0.25) is 0 Å². The lowest BCUT2D eigenvalue weighted by atomic mass is 10.0. The maximum Gasteiger partial charge on any atom is 0.323 e. The highest BCUT2D eigenvalue weighted by molar-refractivity contribution is 5.98. The van der Waals surface area contributed by atoms with Crippen LogP contribution in [-0.4, -0.2) is 35.4 Å². The Balaban J connectivity index is 1.99. The number of ether oxygens (including phenoxy) is 1. The molecule has 2 N–H and O–H groups in total. The molecular formula is C19H24N2O3. The van der Waals surface area contributed by atoms with Gasteiger partial charge in [-0.2, -0.15) is 0 Å². The first-order valence-electron chi connectivity index (χ1n) is 8.26. The van der Waals surface area contributed by atoms with Crippen molar-refractivity contribution in [3.8, 4) is 0 Å². The molecule has 0 amide bonds. The number of H-pyrrole nitrogens is 1. The molecule has 0 saturated carbocycles. The summed E-state index contributed by atoms with van der Waals surface area (Å²) in [6, 6.07) is 12.5. The number of aromatic amines is 1. The second-order valence-corrected chi connectivity index (χ2v) is 5.67. The molecule has 0 aliphatic carbocycles. The van der Waals surface area contributed by atoms with Crippen molar-refractivity contribution in [1.82, 2.24) is 10.3 Å². The first-order valence-corrected chi connectivity index (χ1v) is 8.26. The summed E-state index contributed by atoms with van der Waals surface area (Å²) in [6.07, 6.45) is 3.02. The molecule has 0 spiro atoms. The minimum atomic E-state index is -0.515. The van der Waals surface area contributed by atoms with E-state index in [1.807, 2.05) is 30.3 Å². The standard InChI is InChI=1S/C19H24N2O3/c1-3-24-19(23)17(12-11-15-8-5-4-6-9-15)21-14(2)18(22)16-10-7-13-20-16/h4-10,13-14,17,20-21H,3,11-12H2,1-2H3/t14-,17-/m0/s1. The molecule has 24 heavy (non-hydrogen) atoms. The topological polar surface area (TPSA) is 71.2 Å². The van der Waals surface area contributed by atoms with Gasteiger partial charge in [-0.3, -0.25) is 14.9 Å². The third-order valence-corrected chi connectivity index (χ3v) is 3.84. The normalized spacial score (nSPS) is 13.2. The van der Waals surface area contributed by atoms with E-state index in [1.54, 1.807) is 32.2 Å². The molecule has 0 saturated heterocycles. The highest BCUT2D eigenvalue weighted by atomic mass is 16.5. The zero-order valence-electron chi connectivity index (χ0n) is 14.1.